The van der Waals surface area contributed by atoms with Crippen LogP contribution in [0.2, 0.25) is 0 Å². The summed E-state index contributed by atoms with van der Waals surface area (Å²) in [6.07, 6.45) is 2.48. The molecule has 4 heteroatoms. The zero-order valence-corrected chi connectivity index (χ0v) is 12.4. The third kappa shape index (κ3) is 5.61. The molecule has 0 spiro atoms. The van der Waals surface area contributed by atoms with Crippen LogP contribution in [0.5, 0.6) is 0 Å². The van der Waals surface area contributed by atoms with Gasteiger partial charge in [0.05, 0.1) is 6.10 Å². The molecule has 0 aliphatic carbocycles. The molecule has 4 N–H and O–H groups in total. The number of nitrogens with two attached hydrogens (primary N) is 1. The second-order valence-corrected chi connectivity index (χ2v) is 5.19. The van der Waals surface area contributed by atoms with Crippen LogP contribution in [-0.4, -0.2) is 23.7 Å². The maximum absolute atomic E-state index is 11.8. The number of amides is 1. The highest BCUT2D eigenvalue weighted by Gasteiger charge is 2.15. The summed E-state index contributed by atoms with van der Waals surface area (Å²) < 4.78 is 0. The molecule has 1 atom stereocenters. The molecule has 0 fully saturated rings. The third-order valence-corrected chi connectivity index (χ3v) is 3.69. The van der Waals surface area contributed by atoms with E-state index >= 15 is 0 Å². The van der Waals surface area contributed by atoms with Crippen LogP contribution in [0.1, 0.15) is 38.7 Å². The molecule has 0 saturated carbocycles. The van der Waals surface area contributed by atoms with Gasteiger partial charge in [-0.15, -0.1) is 0 Å². The van der Waals surface area contributed by atoms with Crippen molar-refractivity contribution in [3.05, 3.63) is 29.8 Å². The summed E-state index contributed by atoms with van der Waals surface area (Å²) in [6, 6.07) is 7.56. The lowest BCUT2D eigenvalue weighted by Crippen LogP contribution is -2.36. The first-order valence-electron chi connectivity index (χ1n) is 7.36. The lowest BCUT2D eigenvalue weighted by Gasteiger charge is -2.20. The molecule has 1 rings (SSSR count). The van der Waals surface area contributed by atoms with E-state index in [4.69, 9.17) is 5.73 Å². The van der Waals surface area contributed by atoms with Gasteiger partial charge in [-0.05, 0) is 30.0 Å². The summed E-state index contributed by atoms with van der Waals surface area (Å²) in [5.41, 5.74) is 7.46. The number of rotatable bonds is 8. The SMILES string of the molecule is CCC(CC)C(O)CNC(=O)CCc1cccc(N)c1. The van der Waals surface area contributed by atoms with E-state index < -0.39 is 6.10 Å². The quantitative estimate of drug-likeness (QED) is 0.638. The van der Waals surface area contributed by atoms with Crippen molar-refractivity contribution in [2.75, 3.05) is 12.3 Å². The number of anilines is 1. The summed E-state index contributed by atoms with van der Waals surface area (Å²) in [4.78, 5) is 11.8. The summed E-state index contributed by atoms with van der Waals surface area (Å²) in [6.45, 7) is 4.44. The van der Waals surface area contributed by atoms with E-state index in [1.165, 1.54) is 0 Å². The number of hydrogen-bond donors (Lipinski definition) is 3. The topological polar surface area (TPSA) is 75.3 Å². The zero-order valence-electron chi connectivity index (χ0n) is 12.4. The molecule has 0 aromatic heterocycles. The molecular formula is C16H26N2O2. The Balaban J connectivity index is 2.30. The van der Waals surface area contributed by atoms with Crippen molar-refractivity contribution in [3.63, 3.8) is 0 Å². The second kappa shape index (κ2) is 8.59. The molecule has 0 bridgehead atoms. The number of nitrogens with one attached hydrogen (secondary N) is 1. The van der Waals surface area contributed by atoms with Gasteiger partial charge in [0.15, 0.2) is 0 Å². The third-order valence-electron chi connectivity index (χ3n) is 3.69. The van der Waals surface area contributed by atoms with Crippen LogP contribution in [0, 0.1) is 5.92 Å². The molecule has 0 heterocycles. The minimum atomic E-state index is -0.457. The van der Waals surface area contributed by atoms with Crippen LogP contribution in [0.3, 0.4) is 0 Å². The first-order valence-corrected chi connectivity index (χ1v) is 7.36. The van der Waals surface area contributed by atoms with Gasteiger partial charge in [-0.25, -0.2) is 0 Å². The molecule has 4 nitrogen and oxygen atoms in total. The fourth-order valence-electron chi connectivity index (χ4n) is 2.31. The molecule has 1 aromatic carbocycles. The van der Waals surface area contributed by atoms with E-state index in [0.717, 1.165) is 18.4 Å². The molecule has 20 heavy (non-hydrogen) atoms. The zero-order chi connectivity index (χ0) is 15.0. The van der Waals surface area contributed by atoms with Gasteiger partial charge in [-0.3, -0.25) is 4.79 Å². The number of benzene rings is 1. The minimum Gasteiger partial charge on any atom is -0.399 e. The molecule has 1 aromatic rings. The van der Waals surface area contributed by atoms with Crippen molar-refractivity contribution in [1.82, 2.24) is 5.32 Å². The predicted molar refractivity (Wildman–Crippen MR) is 82.3 cm³/mol. The van der Waals surface area contributed by atoms with Crippen molar-refractivity contribution >= 4 is 11.6 Å². The Kier molecular flexibility index (Phi) is 7.09. The summed E-state index contributed by atoms with van der Waals surface area (Å²) in [5, 5.41) is 12.7. The van der Waals surface area contributed by atoms with Crippen LogP contribution in [0.15, 0.2) is 24.3 Å². The molecule has 112 valence electrons. The first kappa shape index (κ1) is 16.5. The Labute approximate surface area is 121 Å². The van der Waals surface area contributed by atoms with E-state index in [-0.39, 0.29) is 11.8 Å². The number of aliphatic hydroxyl groups is 1. The largest absolute Gasteiger partial charge is 0.399 e. The number of hydrogen-bond acceptors (Lipinski definition) is 3. The summed E-state index contributed by atoms with van der Waals surface area (Å²) in [5.74, 6) is 0.224. The normalized spacial score (nSPS) is 12.4. The van der Waals surface area contributed by atoms with E-state index in [2.05, 4.69) is 19.2 Å². The number of aryl methyl sites for hydroxylation is 1. The highest BCUT2D eigenvalue weighted by atomic mass is 16.3. The van der Waals surface area contributed by atoms with Crippen LogP contribution < -0.4 is 11.1 Å². The van der Waals surface area contributed by atoms with Gasteiger partial charge in [0.25, 0.3) is 0 Å². The fraction of sp³-hybridized carbons (Fsp3) is 0.562. The highest BCUT2D eigenvalue weighted by molar-refractivity contribution is 5.76. The van der Waals surface area contributed by atoms with Crippen LogP contribution in [0.4, 0.5) is 5.69 Å². The monoisotopic (exact) mass is 278 g/mol. The van der Waals surface area contributed by atoms with Gasteiger partial charge in [0, 0.05) is 18.7 Å². The number of nitrogen functional groups attached to an aromatic ring is 1. The maximum Gasteiger partial charge on any atom is 0.220 e. The number of carbonyl (C=O) groups excluding carboxylic acids is 1. The van der Waals surface area contributed by atoms with Gasteiger partial charge in [-0.1, -0.05) is 38.8 Å². The molecule has 0 saturated heterocycles. The molecule has 0 aliphatic heterocycles. The molecule has 1 amide bonds. The van der Waals surface area contributed by atoms with Gasteiger partial charge in [0.2, 0.25) is 5.91 Å². The summed E-state index contributed by atoms with van der Waals surface area (Å²) in [7, 11) is 0. The van der Waals surface area contributed by atoms with Gasteiger partial charge >= 0.3 is 0 Å². The van der Waals surface area contributed by atoms with E-state index in [9.17, 15) is 9.90 Å². The minimum absolute atomic E-state index is 0.0302. The van der Waals surface area contributed by atoms with Gasteiger partial charge < -0.3 is 16.2 Å². The van der Waals surface area contributed by atoms with Crippen LogP contribution >= 0.6 is 0 Å². The Bertz CT molecular complexity index is 417. The van der Waals surface area contributed by atoms with Crippen LogP contribution in [0.25, 0.3) is 0 Å². The summed E-state index contributed by atoms with van der Waals surface area (Å²) >= 11 is 0. The van der Waals surface area contributed by atoms with Crippen molar-refractivity contribution in [2.24, 2.45) is 5.92 Å². The second-order valence-electron chi connectivity index (χ2n) is 5.19. The molecule has 1 unspecified atom stereocenters. The lowest BCUT2D eigenvalue weighted by molar-refractivity contribution is -0.121. The van der Waals surface area contributed by atoms with Crippen molar-refractivity contribution in [3.8, 4) is 0 Å². The standard InChI is InChI=1S/C16H26N2O2/c1-3-13(4-2)15(19)11-18-16(20)9-8-12-6-5-7-14(17)10-12/h5-7,10,13,15,19H,3-4,8-9,11,17H2,1-2H3,(H,18,20). The van der Waals surface area contributed by atoms with Crippen LogP contribution in [-0.2, 0) is 11.2 Å². The van der Waals surface area contributed by atoms with Crippen molar-refractivity contribution < 1.29 is 9.90 Å². The average molecular weight is 278 g/mol. The molecule has 0 aliphatic rings. The van der Waals surface area contributed by atoms with Gasteiger partial charge in [-0.2, -0.15) is 0 Å². The fourth-order valence-corrected chi connectivity index (χ4v) is 2.31. The maximum atomic E-state index is 11.8. The lowest BCUT2D eigenvalue weighted by atomic mass is 9.96. The van der Waals surface area contributed by atoms with E-state index in [1.54, 1.807) is 0 Å². The van der Waals surface area contributed by atoms with Gasteiger partial charge in [0.1, 0.15) is 0 Å². The Hall–Kier alpha value is -1.55. The Morgan fingerprint density at radius 2 is 2.05 bits per heavy atom. The smallest absolute Gasteiger partial charge is 0.220 e. The Morgan fingerprint density at radius 3 is 2.65 bits per heavy atom. The van der Waals surface area contributed by atoms with E-state index in [0.29, 0.717) is 25.1 Å². The first-order chi connectivity index (χ1) is 9.56. The molecular weight excluding hydrogens is 252 g/mol. The average Bonchev–Trinajstić information content (AvgIpc) is 2.44. The predicted octanol–water partition coefficient (Wildman–Crippen LogP) is 2.11. The van der Waals surface area contributed by atoms with E-state index in [1.807, 2.05) is 24.3 Å². The van der Waals surface area contributed by atoms with Crippen molar-refractivity contribution in [2.45, 2.75) is 45.6 Å². The molecule has 0 radical (unpaired) electrons. The highest BCUT2D eigenvalue weighted by Crippen LogP contribution is 2.12. The van der Waals surface area contributed by atoms with Crippen molar-refractivity contribution in [1.29, 1.82) is 0 Å². The Morgan fingerprint density at radius 1 is 1.35 bits per heavy atom. The number of carbonyl (C=O) groups is 1. The number of aliphatic hydroxyl groups excluding tert-OH is 1.